The third kappa shape index (κ3) is 3.45. The van der Waals surface area contributed by atoms with Gasteiger partial charge in [0.25, 0.3) is 5.91 Å². The van der Waals surface area contributed by atoms with E-state index in [0.29, 0.717) is 23.2 Å². The molecule has 1 amide bonds. The molecule has 0 aliphatic rings. The lowest BCUT2D eigenvalue weighted by Gasteiger charge is -2.07. The second-order valence-electron chi connectivity index (χ2n) is 3.78. The number of pyridine rings is 1. The highest BCUT2D eigenvalue weighted by Crippen LogP contribution is 2.16. The molecule has 0 saturated heterocycles. The van der Waals surface area contributed by atoms with Gasteiger partial charge >= 0.3 is 0 Å². The first kappa shape index (κ1) is 13.4. The Kier molecular flexibility index (Phi) is 4.35. The molecule has 0 saturated carbocycles. The molecule has 0 aromatic carbocycles. The summed E-state index contributed by atoms with van der Waals surface area (Å²) in [6.07, 6.45) is 3.32. The number of H-pyrrole nitrogens is 1. The molecule has 2 aromatic rings. The van der Waals surface area contributed by atoms with E-state index in [2.05, 4.69) is 25.6 Å². The first-order valence-corrected chi connectivity index (χ1v) is 6.25. The Morgan fingerprint density at radius 2 is 2.32 bits per heavy atom. The standard InChI is InChI=1S/C12H14ClN5O/c1-2-14-9-4-3-8(13)11(18-9)12(19)17-7-10-15-5-6-16-10/h3-6H,2,7H2,1H3,(H,14,18)(H,15,16)(H,17,19). The number of imidazole rings is 1. The number of anilines is 1. The molecule has 0 aliphatic heterocycles. The average Bonchev–Trinajstić information content (AvgIpc) is 2.92. The molecule has 0 bridgehead atoms. The van der Waals surface area contributed by atoms with Crippen molar-refractivity contribution in [3.63, 3.8) is 0 Å². The van der Waals surface area contributed by atoms with Crippen molar-refractivity contribution in [3.05, 3.63) is 41.1 Å². The van der Waals surface area contributed by atoms with Crippen LogP contribution in [0, 0.1) is 0 Å². The first-order chi connectivity index (χ1) is 9.20. The van der Waals surface area contributed by atoms with Crippen LogP contribution >= 0.6 is 11.6 Å². The second kappa shape index (κ2) is 6.19. The second-order valence-corrected chi connectivity index (χ2v) is 4.18. The molecule has 6 nitrogen and oxygen atoms in total. The van der Waals surface area contributed by atoms with E-state index >= 15 is 0 Å². The van der Waals surface area contributed by atoms with Gasteiger partial charge < -0.3 is 15.6 Å². The number of nitrogens with one attached hydrogen (secondary N) is 3. The van der Waals surface area contributed by atoms with Crippen LogP contribution in [0.4, 0.5) is 5.82 Å². The van der Waals surface area contributed by atoms with Gasteiger partial charge in [0.2, 0.25) is 0 Å². The normalized spacial score (nSPS) is 10.2. The first-order valence-electron chi connectivity index (χ1n) is 5.87. The van der Waals surface area contributed by atoms with E-state index in [1.165, 1.54) is 0 Å². The zero-order chi connectivity index (χ0) is 13.7. The van der Waals surface area contributed by atoms with Gasteiger partial charge in [-0.1, -0.05) is 11.6 Å². The number of rotatable bonds is 5. The number of aromatic nitrogens is 3. The SMILES string of the molecule is CCNc1ccc(Cl)c(C(=O)NCc2ncc[nH]2)n1. The average molecular weight is 280 g/mol. The molecule has 3 N–H and O–H groups in total. The van der Waals surface area contributed by atoms with Gasteiger partial charge in [-0.05, 0) is 19.1 Å². The van der Waals surface area contributed by atoms with Gasteiger partial charge in [0.1, 0.15) is 17.3 Å². The van der Waals surface area contributed by atoms with Crippen LogP contribution < -0.4 is 10.6 Å². The Hall–Kier alpha value is -2.08. The Balaban J connectivity index is 2.07. The van der Waals surface area contributed by atoms with Crippen molar-refractivity contribution in [2.75, 3.05) is 11.9 Å². The van der Waals surface area contributed by atoms with Crippen molar-refractivity contribution in [2.24, 2.45) is 0 Å². The van der Waals surface area contributed by atoms with E-state index in [4.69, 9.17) is 11.6 Å². The highest BCUT2D eigenvalue weighted by molar-refractivity contribution is 6.33. The van der Waals surface area contributed by atoms with Crippen LogP contribution in [0.25, 0.3) is 0 Å². The number of carbonyl (C=O) groups excluding carboxylic acids is 1. The molecule has 0 radical (unpaired) electrons. The summed E-state index contributed by atoms with van der Waals surface area (Å²) in [6, 6.07) is 3.38. The molecule has 0 fully saturated rings. The van der Waals surface area contributed by atoms with Crippen molar-refractivity contribution in [2.45, 2.75) is 13.5 Å². The lowest BCUT2D eigenvalue weighted by molar-refractivity contribution is 0.0945. The van der Waals surface area contributed by atoms with Gasteiger partial charge in [-0.15, -0.1) is 0 Å². The molecule has 0 spiro atoms. The van der Waals surface area contributed by atoms with E-state index < -0.39 is 0 Å². The van der Waals surface area contributed by atoms with Crippen LogP contribution in [0.5, 0.6) is 0 Å². The minimum Gasteiger partial charge on any atom is -0.370 e. The Morgan fingerprint density at radius 1 is 1.47 bits per heavy atom. The smallest absolute Gasteiger partial charge is 0.271 e. The number of aromatic amines is 1. The van der Waals surface area contributed by atoms with Gasteiger partial charge in [-0.2, -0.15) is 0 Å². The lowest BCUT2D eigenvalue weighted by Crippen LogP contribution is -2.25. The number of nitrogens with zero attached hydrogens (tertiary/aromatic N) is 2. The third-order valence-electron chi connectivity index (χ3n) is 2.39. The van der Waals surface area contributed by atoms with Crippen molar-refractivity contribution in [3.8, 4) is 0 Å². The van der Waals surface area contributed by atoms with Crippen LogP contribution in [0.15, 0.2) is 24.5 Å². The summed E-state index contributed by atoms with van der Waals surface area (Å²) in [5.74, 6) is 0.962. The van der Waals surface area contributed by atoms with E-state index in [0.717, 1.165) is 6.54 Å². The van der Waals surface area contributed by atoms with Gasteiger partial charge in [-0.25, -0.2) is 9.97 Å². The quantitative estimate of drug-likeness (QED) is 0.780. The molecule has 0 aliphatic carbocycles. The minimum atomic E-state index is -0.332. The molecule has 2 heterocycles. The monoisotopic (exact) mass is 279 g/mol. The molecular formula is C12H14ClN5O. The molecule has 0 unspecified atom stereocenters. The van der Waals surface area contributed by atoms with Crippen LogP contribution in [0.2, 0.25) is 5.02 Å². The summed E-state index contributed by atoms with van der Waals surface area (Å²) in [4.78, 5) is 23.1. The number of hydrogen-bond acceptors (Lipinski definition) is 4. The van der Waals surface area contributed by atoms with Gasteiger partial charge in [0.05, 0.1) is 11.6 Å². The van der Waals surface area contributed by atoms with E-state index in [1.807, 2.05) is 6.92 Å². The molecule has 2 rings (SSSR count). The van der Waals surface area contributed by atoms with Gasteiger partial charge in [0.15, 0.2) is 0 Å². The van der Waals surface area contributed by atoms with Crippen molar-refractivity contribution < 1.29 is 4.79 Å². The van der Waals surface area contributed by atoms with Crippen LogP contribution in [0.3, 0.4) is 0 Å². The largest absolute Gasteiger partial charge is 0.370 e. The summed E-state index contributed by atoms with van der Waals surface area (Å²) < 4.78 is 0. The highest BCUT2D eigenvalue weighted by Gasteiger charge is 2.13. The predicted octanol–water partition coefficient (Wildman–Crippen LogP) is 1.82. The van der Waals surface area contributed by atoms with Crippen LogP contribution in [0.1, 0.15) is 23.2 Å². The molecule has 7 heteroatoms. The van der Waals surface area contributed by atoms with Crippen LogP contribution in [-0.2, 0) is 6.54 Å². The zero-order valence-corrected chi connectivity index (χ0v) is 11.2. The maximum atomic E-state index is 12.0. The fourth-order valence-corrected chi connectivity index (χ4v) is 1.71. The Morgan fingerprint density at radius 3 is 3.00 bits per heavy atom. The van der Waals surface area contributed by atoms with Gasteiger partial charge in [0, 0.05) is 18.9 Å². The van der Waals surface area contributed by atoms with Crippen molar-refractivity contribution >= 4 is 23.3 Å². The summed E-state index contributed by atoms with van der Waals surface area (Å²) in [5, 5.41) is 6.05. The summed E-state index contributed by atoms with van der Waals surface area (Å²) >= 11 is 5.98. The molecule has 19 heavy (non-hydrogen) atoms. The number of amides is 1. The number of halogens is 1. The topological polar surface area (TPSA) is 82.7 Å². The number of carbonyl (C=O) groups is 1. The molecular weight excluding hydrogens is 266 g/mol. The fraction of sp³-hybridized carbons (Fsp3) is 0.250. The van der Waals surface area contributed by atoms with Crippen molar-refractivity contribution in [1.82, 2.24) is 20.3 Å². The molecule has 0 atom stereocenters. The maximum Gasteiger partial charge on any atom is 0.271 e. The van der Waals surface area contributed by atoms with Crippen LogP contribution in [-0.4, -0.2) is 27.4 Å². The Labute approximate surface area is 115 Å². The summed E-state index contributed by atoms with van der Waals surface area (Å²) in [6.45, 7) is 2.98. The fourth-order valence-electron chi connectivity index (χ4n) is 1.52. The van der Waals surface area contributed by atoms with Gasteiger partial charge in [-0.3, -0.25) is 4.79 Å². The molecule has 2 aromatic heterocycles. The third-order valence-corrected chi connectivity index (χ3v) is 2.70. The summed E-state index contributed by atoms with van der Waals surface area (Å²) in [5.41, 5.74) is 0.201. The Bertz CT molecular complexity index is 555. The van der Waals surface area contributed by atoms with E-state index in [1.54, 1.807) is 24.5 Å². The number of hydrogen-bond donors (Lipinski definition) is 3. The highest BCUT2D eigenvalue weighted by atomic mass is 35.5. The maximum absolute atomic E-state index is 12.0. The lowest BCUT2D eigenvalue weighted by atomic mass is 10.3. The van der Waals surface area contributed by atoms with E-state index in [9.17, 15) is 4.79 Å². The predicted molar refractivity (Wildman–Crippen MR) is 73.2 cm³/mol. The van der Waals surface area contributed by atoms with Crippen molar-refractivity contribution in [1.29, 1.82) is 0 Å². The zero-order valence-electron chi connectivity index (χ0n) is 10.4. The van der Waals surface area contributed by atoms with E-state index in [-0.39, 0.29) is 11.6 Å². The summed E-state index contributed by atoms with van der Waals surface area (Å²) in [7, 11) is 0. The molecule has 100 valence electrons. The minimum absolute atomic E-state index is 0.201.